The Bertz CT molecular complexity index is 1130. The van der Waals surface area contributed by atoms with Gasteiger partial charge < -0.3 is 24.8 Å². The number of ether oxygens (including phenoxy) is 2. The number of amides is 2. The van der Waals surface area contributed by atoms with Crippen LogP contribution in [-0.2, 0) is 27.3 Å². The highest BCUT2D eigenvalue weighted by Crippen LogP contribution is 2.47. The lowest BCUT2D eigenvalue weighted by molar-refractivity contribution is -0.149. The number of fused-ring (bicyclic) bond motifs is 4. The van der Waals surface area contributed by atoms with Crippen molar-refractivity contribution in [2.45, 2.75) is 69.3 Å². The van der Waals surface area contributed by atoms with E-state index in [2.05, 4.69) is 17.4 Å². The normalized spacial score (nSPS) is 26.8. The highest BCUT2D eigenvalue weighted by molar-refractivity contribution is 5.91. The Morgan fingerprint density at radius 2 is 1.91 bits per heavy atom. The fraction of sp³-hybridized carbons (Fsp3) is 0.500. The third-order valence-corrected chi connectivity index (χ3v) is 7.84. The van der Waals surface area contributed by atoms with E-state index in [1.54, 1.807) is 0 Å². The Morgan fingerprint density at radius 1 is 1.09 bits per heavy atom. The summed E-state index contributed by atoms with van der Waals surface area (Å²) < 4.78 is 12.3. The number of anilines is 1. The first-order valence-corrected chi connectivity index (χ1v) is 12.8. The first kappa shape index (κ1) is 22.6. The van der Waals surface area contributed by atoms with Crippen LogP contribution in [0.25, 0.3) is 0 Å². The molecule has 35 heavy (non-hydrogen) atoms. The number of nitrogens with one attached hydrogen (secondary N) is 1. The van der Waals surface area contributed by atoms with E-state index >= 15 is 0 Å². The zero-order valence-corrected chi connectivity index (χ0v) is 19.8. The first-order chi connectivity index (χ1) is 17.1. The predicted molar refractivity (Wildman–Crippen MR) is 130 cm³/mol. The van der Waals surface area contributed by atoms with Crippen molar-refractivity contribution < 1.29 is 24.2 Å². The van der Waals surface area contributed by atoms with Gasteiger partial charge in [0.25, 0.3) is 0 Å². The van der Waals surface area contributed by atoms with Crippen LogP contribution in [0.1, 0.15) is 54.7 Å². The number of benzene rings is 2. The van der Waals surface area contributed by atoms with Crippen LogP contribution in [0, 0.1) is 5.92 Å². The zero-order chi connectivity index (χ0) is 23.9. The molecule has 0 aromatic heterocycles. The van der Waals surface area contributed by atoms with E-state index in [0.717, 1.165) is 36.3 Å². The Kier molecular flexibility index (Phi) is 5.98. The van der Waals surface area contributed by atoms with E-state index in [9.17, 15) is 14.7 Å². The smallest absolute Gasteiger partial charge is 0.225 e. The number of nitrogens with zero attached hydrogens (tertiary/aromatic N) is 1. The second-order valence-corrected chi connectivity index (χ2v) is 10.4. The van der Waals surface area contributed by atoms with Crippen LogP contribution in [0.3, 0.4) is 0 Å². The second kappa shape index (κ2) is 9.28. The molecule has 4 aliphatic rings. The van der Waals surface area contributed by atoms with Gasteiger partial charge in [0.15, 0.2) is 0 Å². The van der Waals surface area contributed by atoms with Crippen LogP contribution in [0.4, 0.5) is 5.69 Å². The molecule has 1 aliphatic carbocycles. The molecule has 2 N–H and O–H groups in total. The average Bonchev–Trinajstić information content (AvgIpc) is 3.61. The number of rotatable bonds is 6. The molecule has 0 bridgehead atoms. The Labute approximate surface area is 205 Å². The van der Waals surface area contributed by atoms with Crippen LogP contribution in [0.5, 0.6) is 5.75 Å². The minimum Gasteiger partial charge on any atom is -0.487 e. The molecule has 2 fully saturated rings. The van der Waals surface area contributed by atoms with Crippen LogP contribution >= 0.6 is 0 Å². The number of aliphatic hydroxyl groups is 1. The molecule has 0 spiro atoms. The second-order valence-electron chi connectivity index (χ2n) is 10.4. The summed E-state index contributed by atoms with van der Waals surface area (Å²) in [5, 5.41) is 13.1. The molecule has 3 aliphatic heterocycles. The number of hydrogen-bond acceptors (Lipinski definition) is 5. The van der Waals surface area contributed by atoms with Crippen molar-refractivity contribution in [3.63, 3.8) is 0 Å². The van der Waals surface area contributed by atoms with E-state index in [-0.39, 0.29) is 43.0 Å². The number of aliphatic hydroxyl groups excluding tert-OH is 1. The fourth-order valence-corrected chi connectivity index (χ4v) is 5.80. The molecule has 2 aromatic carbocycles. The van der Waals surface area contributed by atoms with Crippen LogP contribution in [-0.4, -0.2) is 53.3 Å². The summed E-state index contributed by atoms with van der Waals surface area (Å²) in [6, 6.07) is 14.0. The summed E-state index contributed by atoms with van der Waals surface area (Å²) in [6.45, 7) is 1.18. The molecule has 7 heteroatoms. The maximum Gasteiger partial charge on any atom is 0.225 e. The molecule has 4 atom stereocenters. The highest BCUT2D eigenvalue weighted by Gasteiger charge is 2.46. The minimum atomic E-state index is -0.492. The molecule has 6 rings (SSSR count). The quantitative estimate of drug-likeness (QED) is 0.667. The van der Waals surface area contributed by atoms with Gasteiger partial charge in [0.05, 0.1) is 19.1 Å². The lowest BCUT2D eigenvalue weighted by Gasteiger charge is -2.38. The zero-order valence-electron chi connectivity index (χ0n) is 19.8. The standard InChI is InChI=1S/C28H32N2O5/c31-16-25-28-23(22-12-20(7-8-24(22)35-28)29-26(32)11-17-5-6-17)13-21(34-25)14-27(33)30-10-9-18-3-1-2-4-19(18)15-30/h1-4,7-8,12,17,21,23,25,28,31H,5-6,9-11,13-16H2,(H,29,32)/t21-,23-,25-,28+/m1/s1. The lowest BCUT2D eigenvalue weighted by atomic mass is 9.84. The van der Waals surface area contributed by atoms with Crippen LogP contribution in [0.15, 0.2) is 42.5 Å². The number of hydrogen-bond donors (Lipinski definition) is 2. The van der Waals surface area contributed by atoms with E-state index in [1.165, 1.54) is 11.1 Å². The lowest BCUT2D eigenvalue weighted by Crippen LogP contribution is -2.48. The molecule has 0 unspecified atom stereocenters. The summed E-state index contributed by atoms with van der Waals surface area (Å²) >= 11 is 0. The molecule has 2 amide bonds. The van der Waals surface area contributed by atoms with E-state index in [4.69, 9.17) is 9.47 Å². The van der Waals surface area contributed by atoms with Crippen molar-refractivity contribution in [1.29, 1.82) is 0 Å². The van der Waals surface area contributed by atoms with Crippen molar-refractivity contribution in [3.8, 4) is 5.75 Å². The third-order valence-electron chi connectivity index (χ3n) is 7.84. The Morgan fingerprint density at radius 3 is 2.71 bits per heavy atom. The molecular formula is C28H32N2O5. The predicted octanol–water partition coefficient (Wildman–Crippen LogP) is 3.39. The maximum absolute atomic E-state index is 13.2. The third kappa shape index (κ3) is 4.67. The van der Waals surface area contributed by atoms with E-state index in [0.29, 0.717) is 31.8 Å². The molecule has 2 aromatic rings. The van der Waals surface area contributed by atoms with Gasteiger partial charge >= 0.3 is 0 Å². The topological polar surface area (TPSA) is 88.1 Å². The Balaban J connectivity index is 1.14. The number of carbonyl (C=O) groups is 2. The van der Waals surface area contributed by atoms with E-state index in [1.807, 2.05) is 35.2 Å². The summed E-state index contributed by atoms with van der Waals surface area (Å²) in [7, 11) is 0. The molecule has 1 saturated heterocycles. The molecule has 7 nitrogen and oxygen atoms in total. The summed E-state index contributed by atoms with van der Waals surface area (Å²) in [5.41, 5.74) is 4.31. The Hall–Kier alpha value is -2.90. The molecule has 0 radical (unpaired) electrons. The van der Waals surface area contributed by atoms with Gasteiger partial charge in [-0.3, -0.25) is 9.59 Å². The highest BCUT2D eigenvalue weighted by atomic mass is 16.6. The summed E-state index contributed by atoms with van der Waals surface area (Å²) in [5.74, 6) is 1.44. The molecule has 184 valence electrons. The van der Waals surface area contributed by atoms with Crippen molar-refractivity contribution >= 4 is 17.5 Å². The van der Waals surface area contributed by atoms with Crippen molar-refractivity contribution in [1.82, 2.24) is 4.90 Å². The monoisotopic (exact) mass is 476 g/mol. The molecule has 1 saturated carbocycles. The summed E-state index contributed by atoms with van der Waals surface area (Å²) in [6.07, 6.45) is 3.58. The van der Waals surface area contributed by atoms with Crippen molar-refractivity contribution in [2.24, 2.45) is 5.92 Å². The van der Waals surface area contributed by atoms with Gasteiger partial charge in [-0.15, -0.1) is 0 Å². The fourth-order valence-electron chi connectivity index (χ4n) is 5.80. The average molecular weight is 477 g/mol. The minimum absolute atomic E-state index is 0.0102. The van der Waals surface area contributed by atoms with Crippen molar-refractivity contribution in [2.75, 3.05) is 18.5 Å². The van der Waals surface area contributed by atoms with E-state index < -0.39 is 6.10 Å². The van der Waals surface area contributed by atoms with Gasteiger partial charge in [0, 0.05) is 36.7 Å². The SMILES string of the molecule is O=C(CC1CC1)Nc1ccc2c(c1)[C@H]1C[C@H](CC(=O)N3CCc4ccccc4C3)O[C@H](CO)[C@H]1O2. The van der Waals surface area contributed by atoms with Crippen LogP contribution < -0.4 is 10.1 Å². The molecule has 3 heterocycles. The maximum atomic E-state index is 13.2. The van der Waals surface area contributed by atoms with Gasteiger partial charge in [-0.25, -0.2) is 0 Å². The summed E-state index contributed by atoms with van der Waals surface area (Å²) in [4.78, 5) is 27.4. The van der Waals surface area contributed by atoms with Gasteiger partial charge in [-0.1, -0.05) is 24.3 Å². The largest absolute Gasteiger partial charge is 0.487 e. The van der Waals surface area contributed by atoms with Crippen molar-refractivity contribution in [3.05, 3.63) is 59.2 Å². The molecular weight excluding hydrogens is 444 g/mol. The van der Waals surface area contributed by atoms with Gasteiger partial charge in [-0.2, -0.15) is 0 Å². The first-order valence-electron chi connectivity index (χ1n) is 12.8. The number of carbonyl (C=O) groups excluding carboxylic acids is 2. The van der Waals surface area contributed by atoms with Gasteiger partial charge in [-0.05, 0) is 60.9 Å². The van der Waals surface area contributed by atoms with Crippen LogP contribution in [0.2, 0.25) is 0 Å². The van der Waals surface area contributed by atoms with Gasteiger partial charge in [0.2, 0.25) is 11.8 Å². The van der Waals surface area contributed by atoms with Gasteiger partial charge in [0.1, 0.15) is 18.0 Å².